The third-order valence-corrected chi connectivity index (χ3v) is 3.13. The normalized spacial score (nSPS) is 11.1. The van der Waals surface area contributed by atoms with Crippen LogP contribution in [0.3, 0.4) is 0 Å². The maximum absolute atomic E-state index is 5.87. The van der Waals surface area contributed by atoms with Crippen LogP contribution in [0.2, 0.25) is 5.02 Å². The Bertz CT molecular complexity index is 644. The second-order valence-corrected chi connectivity index (χ2v) is 4.50. The SMILES string of the molecule is Nc1nc2cc(Cl)cnc2n1-c1ccsc1. The van der Waals surface area contributed by atoms with E-state index in [9.17, 15) is 0 Å². The molecule has 0 aromatic carbocycles. The molecule has 3 aromatic heterocycles. The summed E-state index contributed by atoms with van der Waals surface area (Å²) >= 11 is 7.45. The Balaban J connectivity index is 2.36. The zero-order valence-electron chi connectivity index (χ0n) is 8.09. The van der Waals surface area contributed by atoms with Gasteiger partial charge in [0.2, 0.25) is 5.95 Å². The average molecular weight is 251 g/mol. The topological polar surface area (TPSA) is 56.7 Å². The van der Waals surface area contributed by atoms with Gasteiger partial charge in [-0.05, 0) is 17.5 Å². The van der Waals surface area contributed by atoms with Crippen molar-refractivity contribution in [1.29, 1.82) is 0 Å². The van der Waals surface area contributed by atoms with E-state index in [1.54, 1.807) is 23.6 Å². The van der Waals surface area contributed by atoms with Gasteiger partial charge in [-0.25, -0.2) is 9.97 Å². The van der Waals surface area contributed by atoms with Crippen LogP contribution in [0.15, 0.2) is 29.1 Å². The molecule has 3 heterocycles. The van der Waals surface area contributed by atoms with Crippen LogP contribution in [-0.2, 0) is 0 Å². The van der Waals surface area contributed by atoms with Crippen LogP contribution in [0.25, 0.3) is 16.9 Å². The maximum atomic E-state index is 5.87. The lowest BCUT2D eigenvalue weighted by Gasteiger charge is -2.01. The second-order valence-electron chi connectivity index (χ2n) is 3.28. The van der Waals surface area contributed by atoms with E-state index in [0.717, 1.165) is 11.3 Å². The fourth-order valence-electron chi connectivity index (χ4n) is 1.60. The number of aromatic nitrogens is 3. The minimum absolute atomic E-state index is 0.420. The number of pyridine rings is 1. The number of imidazole rings is 1. The van der Waals surface area contributed by atoms with Gasteiger partial charge < -0.3 is 5.73 Å². The average Bonchev–Trinajstić information content (AvgIpc) is 2.83. The summed E-state index contributed by atoms with van der Waals surface area (Å²) in [6, 6.07) is 3.72. The summed E-state index contributed by atoms with van der Waals surface area (Å²) < 4.78 is 1.81. The number of nitrogens with two attached hydrogens (primary N) is 1. The molecule has 3 rings (SSSR count). The van der Waals surface area contributed by atoms with Crippen LogP contribution in [0.4, 0.5) is 5.95 Å². The summed E-state index contributed by atoms with van der Waals surface area (Å²) in [5.74, 6) is 0.420. The summed E-state index contributed by atoms with van der Waals surface area (Å²) in [5.41, 5.74) is 8.27. The van der Waals surface area contributed by atoms with Gasteiger partial charge in [-0.2, -0.15) is 11.3 Å². The molecule has 0 unspecified atom stereocenters. The number of hydrogen-bond donors (Lipinski definition) is 1. The largest absolute Gasteiger partial charge is 0.369 e. The zero-order valence-corrected chi connectivity index (χ0v) is 9.66. The van der Waals surface area contributed by atoms with Crippen LogP contribution in [-0.4, -0.2) is 14.5 Å². The Morgan fingerprint density at radius 3 is 3.06 bits per heavy atom. The summed E-state index contributed by atoms with van der Waals surface area (Å²) in [6.45, 7) is 0. The van der Waals surface area contributed by atoms with Gasteiger partial charge in [-0.1, -0.05) is 11.6 Å². The van der Waals surface area contributed by atoms with Crippen LogP contribution in [0.1, 0.15) is 0 Å². The molecule has 0 aliphatic heterocycles. The van der Waals surface area contributed by atoms with Crippen molar-refractivity contribution in [2.24, 2.45) is 0 Å². The standard InChI is InChI=1S/C10H7ClN4S/c11-6-3-8-9(13-4-6)15(10(12)14-8)7-1-2-16-5-7/h1-5H,(H2,12,14). The van der Waals surface area contributed by atoms with E-state index >= 15 is 0 Å². The molecular weight excluding hydrogens is 244 g/mol. The Kier molecular flexibility index (Phi) is 2.08. The number of hydrogen-bond acceptors (Lipinski definition) is 4. The highest BCUT2D eigenvalue weighted by Gasteiger charge is 2.11. The van der Waals surface area contributed by atoms with Gasteiger partial charge in [0.15, 0.2) is 5.65 Å². The van der Waals surface area contributed by atoms with E-state index in [1.807, 2.05) is 21.4 Å². The molecule has 0 atom stereocenters. The summed E-state index contributed by atoms with van der Waals surface area (Å²) in [5, 5.41) is 4.53. The van der Waals surface area contributed by atoms with Crippen molar-refractivity contribution in [3.8, 4) is 5.69 Å². The van der Waals surface area contributed by atoms with Gasteiger partial charge in [-0.15, -0.1) is 0 Å². The molecule has 0 spiro atoms. The van der Waals surface area contributed by atoms with Crippen molar-refractivity contribution in [2.45, 2.75) is 0 Å². The smallest absolute Gasteiger partial charge is 0.207 e. The molecule has 0 aliphatic rings. The number of anilines is 1. The Hall–Kier alpha value is -1.59. The number of nitrogen functional groups attached to an aromatic ring is 1. The maximum Gasteiger partial charge on any atom is 0.207 e. The third kappa shape index (κ3) is 1.36. The molecule has 0 fully saturated rings. The first-order chi connectivity index (χ1) is 7.75. The van der Waals surface area contributed by atoms with E-state index < -0.39 is 0 Å². The molecule has 4 nitrogen and oxygen atoms in total. The first-order valence-electron chi connectivity index (χ1n) is 4.58. The van der Waals surface area contributed by atoms with Crippen LogP contribution >= 0.6 is 22.9 Å². The molecule has 3 aromatic rings. The molecule has 80 valence electrons. The van der Waals surface area contributed by atoms with Gasteiger partial charge >= 0.3 is 0 Å². The van der Waals surface area contributed by atoms with Crippen LogP contribution in [0.5, 0.6) is 0 Å². The van der Waals surface area contributed by atoms with Crippen molar-refractivity contribution in [3.63, 3.8) is 0 Å². The molecule has 0 bridgehead atoms. The van der Waals surface area contributed by atoms with Crippen LogP contribution in [0, 0.1) is 0 Å². The van der Waals surface area contributed by atoms with Crippen molar-refractivity contribution < 1.29 is 0 Å². The lowest BCUT2D eigenvalue weighted by molar-refractivity contribution is 1.09. The molecule has 0 saturated carbocycles. The molecule has 0 radical (unpaired) electrons. The molecule has 6 heteroatoms. The third-order valence-electron chi connectivity index (χ3n) is 2.25. The lowest BCUT2D eigenvalue weighted by atomic mass is 10.4. The monoisotopic (exact) mass is 250 g/mol. The molecule has 0 amide bonds. The van der Waals surface area contributed by atoms with Crippen molar-refractivity contribution in [3.05, 3.63) is 34.1 Å². The first kappa shape index (κ1) is 9.62. The predicted molar refractivity (Wildman–Crippen MR) is 66.2 cm³/mol. The quantitative estimate of drug-likeness (QED) is 0.723. The Morgan fingerprint density at radius 2 is 2.31 bits per heavy atom. The second kappa shape index (κ2) is 3.47. The number of nitrogens with zero attached hydrogens (tertiary/aromatic N) is 3. The Morgan fingerprint density at radius 1 is 1.44 bits per heavy atom. The van der Waals surface area contributed by atoms with Crippen molar-refractivity contribution in [2.75, 3.05) is 5.73 Å². The van der Waals surface area contributed by atoms with E-state index in [1.165, 1.54) is 0 Å². The van der Waals surface area contributed by atoms with E-state index in [2.05, 4.69) is 9.97 Å². The number of thiophene rings is 1. The van der Waals surface area contributed by atoms with Gasteiger partial charge in [0.05, 0.1) is 10.7 Å². The fourth-order valence-corrected chi connectivity index (χ4v) is 2.37. The number of fused-ring (bicyclic) bond motifs is 1. The molecule has 0 aliphatic carbocycles. The van der Waals surface area contributed by atoms with E-state index in [4.69, 9.17) is 17.3 Å². The van der Waals surface area contributed by atoms with Gasteiger partial charge in [0.25, 0.3) is 0 Å². The summed E-state index contributed by atoms with van der Waals surface area (Å²) in [4.78, 5) is 8.48. The van der Waals surface area contributed by atoms with Gasteiger partial charge in [0, 0.05) is 11.6 Å². The van der Waals surface area contributed by atoms with E-state index in [0.29, 0.717) is 16.5 Å². The lowest BCUT2D eigenvalue weighted by Crippen LogP contribution is -1.99. The van der Waals surface area contributed by atoms with Crippen LogP contribution < -0.4 is 5.73 Å². The molecular formula is C10H7ClN4S. The summed E-state index contributed by atoms with van der Waals surface area (Å²) in [6.07, 6.45) is 1.59. The predicted octanol–water partition coefficient (Wildman–Crippen LogP) is 2.72. The fraction of sp³-hybridized carbons (Fsp3) is 0. The van der Waals surface area contributed by atoms with Crippen molar-refractivity contribution in [1.82, 2.24) is 14.5 Å². The number of halogens is 1. The highest BCUT2D eigenvalue weighted by molar-refractivity contribution is 7.08. The zero-order chi connectivity index (χ0) is 11.1. The highest BCUT2D eigenvalue weighted by Crippen LogP contribution is 2.24. The Labute approximate surface area is 100 Å². The molecule has 0 saturated heterocycles. The van der Waals surface area contributed by atoms with Gasteiger partial charge in [-0.3, -0.25) is 4.57 Å². The molecule has 16 heavy (non-hydrogen) atoms. The minimum atomic E-state index is 0.420. The van der Waals surface area contributed by atoms with E-state index in [-0.39, 0.29) is 0 Å². The molecule has 2 N–H and O–H groups in total. The minimum Gasteiger partial charge on any atom is -0.369 e. The highest BCUT2D eigenvalue weighted by atomic mass is 35.5. The van der Waals surface area contributed by atoms with Gasteiger partial charge in [0.1, 0.15) is 5.52 Å². The van der Waals surface area contributed by atoms with Crippen molar-refractivity contribution >= 4 is 40.0 Å². The summed E-state index contributed by atoms with van der Waals surface area (Å²) in [7, 11) is 0. The number of rotatable bonds is 1. The first-order valence-corrected chi connectivity index (χ1v) is 5.90.